The highest BCUT2D eigenvalue weighted by Gasteiger charge is 2.60. The number of aryl methyl sites for hydroxylation is 1. The normalized spacial score (nSPS) is 36.4. The number of anilines is 1. The average Bonchev–Trinajstić information content (AvgIpc) is 3.38. The summed E-state index contributed by atoms with van der Waals surface area (Å²) in [6.45, 7) is 16.3. The van der Waals surface area contributed by atoms with Crippen LogP contribution < -0.4 is 5.73 Å². The van der Waals surface area contributed by atoms with Crippen molar-refractivity contribution in [3.05, 3.63) is 21.7 Å². The van der Waals surface area contributed by atoms with E-state index in [2.05, 4.69) is 34.6 Å². The van der Waals surface area contributed by atoms with Crippen LogP contribution in [-0.4, -0.2) is 10.8 Å². The molecule has 4 aliphatic rings. The van der Waals surface area contributed by atoms with E-state index in [0.29, 0.717) is 22.1 Å². The van der Waals surface area contributed by atoms with Crippen molar-refractivity contribution in [2.24, 2.45) is 52.3 Å². The molecule has 2 aromatic heterocycles. The molecular formula is C35H52N2OS. The number of nitrogens with zero attached hydrogens (tertiary/aromatic N) is 1. The molecule has 39 heavy (non-hydrogen) atoms. The predicted octanol–water partition coefficient (Wildman–Crippen LogP) is 9.43. The van der Waals surface area contributed by atoms with E-state index in [1.54, 1.807) is 6.92 Å². The van der Waals surface area contributed by atoms with Crippen molar-refractivity contribution in [2.45, 2.75) is 119 Å². The van der Waals surface area contributed by atoms with E-state index in [1.807, 2.05) is 18.3 Å². The fourth-order valence-corrected chi connectivity index (χ4v) is 12.4. The van der Waals surface area contributed by atoms with Gasteiger partial charge in [0.1, 0.15) is 4.83 Å². The van der Waals surface area contributed by atoms with Crippen LogP contribution in [0, 0.1) is 59.2 Å². The van der Waals surface area contributed by atoms with E-state index in [4.69, 9.17) is 10.7 Å². The Morgan fingerprint density at radius 2 is 1.79 bits per heavy atom. The highest BCUT2D eigenvalue weighted by atomic mass is 32.1. The lowest BCUT2D eigenvalue weighted by molar-refractivity contribution is -0.103. The highest BCUT2D eigenvalue weighted by molar-refractivity contribution is 7.19. The van der Waals surface area contributed by atoms with Gasteiger partial charge in [-0.1, -0.05) is 53.9 Å². The van der Waals surface area contributed by atoms with E-state index in [-0.39, 0.29) is 5.78 Å². The minimum atomic E-state index is 0.0369. The lowest BCUT2D eigenvalue weighted by Crippen LogP contribution is -2.54. The maximum absolute atomic E-state index is 12.4. The number of hydrogen-bond donors (Lipinski definition) is 1. The second kappa shape index (κ2) is 9.85. The standard InChI is InChI=1S/C35H52N2OS/c1-19(2)9-8-10-20(3)26-13-14-27-24-12-11-23-17-25-29(18-35(23,7)28(24)15-16-34(26,27)6)39-33-31(25)32(36)30(22(5)38)21(4)37-33/h19-20,23-24,26-28H,8-18H2,1-7H3,(H2,36,37)/t20-,23+,24+,26-,27+,28+,34-,35+/m1/s1. The number of Topliss-reactive ketones (excluding diaryl/α,β-unsaturated/α-hetero) is 1. The van der Waals surface area contributed by atoms with Crippen molar-refractivity contribution in [1.29, 1.82) is 0 Å². The lowest BCUT2D eigenvalue weighted by atomic mass is 9.44. The molecule has 2 heterocycles. The predicted molar refractivity (Wildman–Crippen MR) is 165 cm³/mol. The third-order valence-electron chi connectivity index (χ3n) is 12.9. The van der Waals surface area contributed by atoms with Crippen LogP contribution in [0.4, 0.5) is 5.69 Å². The largest absolute Gasteiger partial charge is 0.398 e. The van der Waals surface area contributed by atoms with Crippen LogP contribution in [0.3, 0.4) is 0 Å². The molecule has 0 bridgehead atoms. The zero-order valence-corrected chi connectivity index (χ0v) is 26.5. The minimum Gasteiger partial charge on any atom is -0.398 e. The zero-order chi connectivity index (χ0) is 27.9. The first-order valence-corrected chi connectivity index (χ1v) is 17.0. The molecule has 0 spiro atoms. The van der Waals surface area contributed by atoms with Gasteiger partial charge in [0.05, 0.1) is 16.9 Å². The number of carbonyl (C=O) groups excluding carboxylic acids is 1. The lowest BCUT2D eigenvalue weighted by Gasteiger charge is -2.60. The molecule has 3 saturated carbocycles. The molecule has 0 aliphatic heterocycles. The monoisotopic (exact) mass is 548 g/mol. The number of hydrogen-bond acceptors (Lipinski definition) is 4. The summed E-state index contributed by atoms with van der Waals surface area (Å²) in [7, 11) is 0. The fraction of sp³-hybridized carbons (Fsp3) is 0.771. The Kier molecular flexibility index (Phi) is 7.00. The Hall–Kier alpha value is -1.42. The first-order valence-electron chi connectivity index (χ1n) is 16.2. The average molecular weight is 549 g/mol. The van der Waals surface area contributed by atoms with E-state index >= 15 is 0 Å². The molecule has 2 aromatic rings. The molecule has 0 radical (unpaired) electrons. The van der Waals surface area contributed by atoms with E-state index in [9.17, 15) is 4.79 Å². The number of nitrogen functional groups attached to an aromatic ring is 1. The number of pyridine rings is 1. The molecule has 6 rings (SSSR count). The molecule has 2 N–H and O–H groups in total. The van der Waals surface area contributed by atoms with Crippen LogP contribution in [0.1, 0.15) is 126 Å². The van der Waals surface area contributed by atoms with Gasteiger partial charge in [0, 0.05) is 10.3 Å². The molecule has 3 fully saturated rings. The summed E-state index contributed by atoms with van der Waals surface area (Å²) in [5, 5.41) is 1.11. The second-order valence-corrected chi connectivity index (χ2v) is 16.4. The third kappa shape index (κ3) is 4.24. The van der Waals surface area contributed by atoms with Gasteiger partial charge in [0.25, 0.3) is 0 Å². The number of aromatic nitrogens is 1. The molecule has 4 heteroatoms. The van der Waals surface area contributed by atoms with Gasteiger partial charge in [-0.3, -0.25) is 4.79 Å². The second-order valence-electron chi connectivity index (χ2n) is 15.3. The van der Waals surface area contributed by atoms with Crippen molar-refractivity contribution in [3.63, 3.8) is 0 Å². The summed E-state index contributed by atoms with van der Waals surface area (Å²) in [5.41, 5.74) is 11.2. The molecular weight excluding hydrogens is 496 g/mol. The van der Waals surface area contributed by atoms with Crippen LogP contribution in [0.5, 0.6) is 0 Å². The molecule has 214 valence electrons. The van der Waals surface area contributed by atoms with Crippen LogP contribution in [0.25, 0.3) is 10.2 Å². The van der Waals surface area contributed by atoms with E-state index < -0.39 is 0 Å². The van der Waals surface area contributed by atoms with Gasteiger partial charge >= 0.3 is 0 Å². The summed E-state index contributed by atoms with van der Waals surface area (Å²) < 4.78 is 0. The van der Waals surface area contributed by atoms with Gasteiger partial charge in [0.15, 0.2) is 5.78 Å². The van der Waals surface area contributed by atoms with Crippen LogP contribution >= 0.6 is 11.3 Å². The topological polar surface area (TPSA) is 56.0 Å². The Morgan fingerprint density at radius 3 is 2.51 bits per heavy atom. The van der Waals surface area contributed by atoms with Crippen LogP contribution in [0.15, 0.2) is 0 Å². The van der Waals surface area contributed by atoms with Gasteiger partial charge in [0.2, 0.25) is 0 Å². The maximum atomic E-state index is 12.4. The maximum Gasteiger partial charge on any atom is 0.163 e. The van der Waals surface area contributed by atoms with Crippen molar-refractivity contribution in [2.75, 3.05) is 5.73 Å². The Bertz CT molecular complexity index is 1280. The van der Waals surface area contributed by atoms with Crippen molar-refractivity contribution in [1.82, 2.24) is 4.98 Å². The summed E-state index contributed by atoms with van der Waals surface area (Å²) in [5.74, 6) is 6.07. The number of nitrogens with two attached hydrogens (primary N) is 1. The molecule has 0 saturated heterocycles. The summed E-state index contributed by atoms with van der Waals surface area (Å²) in [6.07, 6.45) is 15.1. The Morgan fingerprint density at radius 1 is 1.05 bits per heavy atom. The van der Waals surface area contributed by atoms with Gasteiger partial charge in [-0.2, -0.15) is 0 Å². The highest BCUT2D eigenvalue weighted by Crippen LogP contribution is 2.68. The van der Waals surface area contributed by atoms with Crippen LogP contribution in [0.2, 0.25) is 0 Å². The molecule has 4 aliphatic carbocycles. The fourth-order valence-electron chi connectivity index (χ4n) is 10.9. The number of carbonyl (C=O) groups is 1. The zero-order valence-electron chi connectivity index (χ0n) is 25.7. The summed E-state index contributed by atoms with van der Waals surface area (Å²) in [4.78, 5) is 19.9. The van der Waals surface area contributed by atoms with Gasteiger partial charge in [-0.15, -0.1) is 11.3 Å². The van der Waals surface area contributed by atoms with E-state index in [0.717, 1.165) is 63.8 Å². The molecule has 3 nitrogen and oxygen atoms in total. The summed E-state index contributed by atoms with van der Waals surface area (Å²) in [6, 6.07) is 0. The minimum absolute atomic E-state index is 0.0369. The number of ketones is 1. The first kappa shape index (κ1) is 27.7. The van der Waals surface area contributed by atoms with E-state index in [1.165, 1.54) is 74.6 Å². The number of rotatable bonds is 6. The number of fused-ring (bicyclic) bond motifs is 8. The van der Waals surface area contributed by atoms with Gasteiger partial charge in [-0.25, -0.2) is 4.98 Å². The SMILES string of the molecule is CC(=O)c1c(C)nc2sc3c(c2c1N)C[C@@H]1CC[C@@H]2[C@H](CC[C@]4(C)[C@@H]([C@H](C)CCCC(C)C)CC[C@@H]24)[C@@]1(C)C3. The quantitative estimate of drug-likeness (QED) is 0.366. The van der Waals surface area contributed by atoms with Gasteiger partial charge in [-0.05, 0) is 123 Å². The first-order chi connectivity index (χ1) is 18.5. The Labute approximate surface area is 241 Å². The Balaban J connectivity index is 1.27. The third-order valence-corrected chi connectivity index (χ3v) is 14.0. The molecule has 8 atom stereocenters. The smallest absolute Gasteiger partial charge is 0.163 e. The summed E-state index contributed by atoms with van der Waals surface area (Å²) >= 11 is 1.87. The number of thiophene rings is 1. The molecule has 0 unspecified atom stereocenters. The van der Waals surface area contributed by atoms with Crippen LogP contribution in [-0.2, 0) is 12.8 Å². The van der Waals surface area contributed by atoms with Crippen molar-refractivity contribution >= 4 is 33.0 Å². The molecule has 0 amide bonds. The van der Waals surface area contributed by atoms with Gasteiger partial charge < -0.3 is 5.73 Å². The van der Waals surface area contributed by atoms with Crippen molar-refractivity contribution < 1.29 is 4.79 Å². The van der Waals surface area contributed by atoms with Crippen molar-refractivity contribution in [3.8, 4) is 0 Å². The molecule has 0 aromatic carbocycles.